The van der Waals surface area contributed by atoms with Crippen LogP contribution in [0.2, 0.25) is 0 Å². The summed E-state index contributed by atoms with van der Waals surface area (Å²) in [5.41, 5.74) is 1.62. The summed E-state index contributed by atoms with van der Waals surface area (Å²) < 4.78 is 0. The van der Waals surface area contributed by atoms with Gasteiger partial charge >= 0.3 is 0 Å². The van der Waals surface area contributed by atoms with Gasteiger partial charge in [-0.1, -0.05) is 69.3 Å². The first-order valence-corrected chi connectivity index (χ1v) is 8.44. The van der Waals surface area contributed by atoms with Crippen LogP contribution in [-0.4, -0.2) is 5.11 Å². The molecular formula is C22H26O. The molecule has 120 valence electrons. The highest BCUT2D eigenvalue weighted by Crippen LogP contribution is 2.43. The predicted octanol–water partition coefficient (Wildman–Crippen LogP) is 5.91. The molecule has 1 heteroatoms. The van der Waals surface area contributed by atoms with Crippen molar-refractivity contribution in [2.24, 2.45) is 0 Å². The monoisotopic (exact) mass is 306 g/mol. The summed E-state index contributed by atoms with van der Waals surface area (Å²) in [6.45, 7) is 10.6. The molecule has 3 aromatic carbocycles. The predicted molar refractivity (Wildman–Crippen MR) is 100 cm³/mol. The lowest BCUT2D eigenvalue weighted by atomic mass is 9.74. The van der Waals surface area contributed by atoms with Gasteiger partial charge in [-0.3, -0.25) is 0 Å². The fraction of sp³-hybridized carbons (Fsp3) is 0.364. The second-order valence-corrected chi connectivity index (χ2v) is 7.64. The summed E-state index contributed by atoms with van der Waals surface area (Å²) in [6.07, 6.45) is 1.07. The second kappa shape index (κ2) is 5.35. The first kappa shape index (κ1) is 16.0. The number of hydrogen-bond acceptors (Lipinski definition) is 1. The van der Waals surface area contributed by atoms with E-state index in [0.717, 1.165) is 22.8 Å². The van der Waals surface area contributed by atoms with Crippen molar-refractivity contribution in [2.45, 2.75) is 52.1 Å². The molecule has 23 heavy (non-hydrogen) atoms. The van der Waals surface area contributed by atoms with Gasteiger partial charge in [0.15, 0.2) is 0 Å². The quantitative estimate of drug-likeness (QED) is 0.596. The maximum atomic E-state index is 10.8. The highest BCUT2D eigenvalue weighted by Gasteiger charge is 2.29. The summed E-state index contributed by atoms with van der Waals surface area (Å²) in [4.78, 5) is 0. The molecule has 0 aromatic heterocycles. The van der Waals surface area contributed by atoms with Gasteiger partial charge in [0, 0.05) is 0 Å². The van der Waals surface area contributed by atoms with E-state index in [0.29, 0.717) is 0 Å². The standard InChI is InChI=1S/C22H26O/c1-6-21(2,3)19-15-11-7-9-13-17(15)20(22(4,5)23)18-14-10-8-12-16(18)19/h7-14,23H,6H2,1-5H3. The SMILES string of the molecule is CCC(C)(C)c1c2ccccc2c(C(C)(C)O)c2ccccc12. The fourth-order valence-corrected chi connectivity index (χ4v) is 3.69. The molecule has 0 bridgehead atoms. The average molecular weight is 306 g/mol. The van der Waals surface area contributed by atoms with E-state index < -0.39 is 5.60 Å². The summed E-state index contributed by atoms with van der Waals surface area (Å²) >= 11 is 0. The molecule has 3 aromatic rings. The summed E-state index contributed by atoms with van der Waals surface area (Å²) in [6, 6.07) is 17.0. The zero-order chi connectivity index (χ0) is 16.8. The second-order valence-electron chi connectivity index (χ2n) is 7.64. The number of aliphatic hydroxyl groups is 1. The molecule has 3 rings (SSSR count). The van der Waals surface area contributed by atoms with Gasteiger partial charge in [-0.25, -0.2) is 0 Å². The van der Waals surface area contributed by atoms with Crippen LogP contribution < -0.4 is 0 Å². The van der Waals surface area contributed by atoms with Crippen LogP contribution in [0.25, 0.3) is 21.5 Å². The Morgan fingerprint density at radius 2 is 1.04 bits per heavy atom. The Morgan fingerprint density at radius 3 is 1.35 bits per heavy atom. The molecular weight excluding hydrogens is 280 g/mol. The van der Waals surface area contributed by atoms with Gasteiger partial charge in [-0.05, 0) is 58.4 Å². The van der Waals surface area contributed by atoms with Crippen LogP contribution >= 0.6 is 0 Å². The minimum atomic E-state index is -0.881. The molecule has 0 saturated carbocycles. The van der Waals surface area contributed by atoms with Crippen LogP contribution in [0.4, 0.5) is 0 Å². The maximum absolute atomic E-state index is 10.8. The first-order valence-electron chi connectivity index (χ1n) is 8.44. The van der Waals surface area contributed by atoms with E-state index in [9.17, 15) is 5.11 Å². The number of fused-ring (bicyclic) bond motifs is 2. The molecule has 0 fully saturated rings. The van der Waals surface area contributed by atoms with Gasteiger partial charge in [0.2, 0.25) is 0 Å². The lowest BCUT2D eigenvalue weighted by molar-refractivity contribution is 0.0817. The third kappa shape index (κ3) is 2.53. The Kier molecular flexibility index (Phi) is 3.72. The Morgan fingerprint density at radius 1 is 0.696 bits per heavy atom. The largest absolute Gasteiger partial charge is 0.386 e. The normalized spacial score (nSPS) is 13.0. The van der Waals surface area contributed by atoms with Gasteiger partial charge in [0.1, 0.15) is 0 Å². The minimum Gasteiger partial charge on any atom is -0.386 e. The summed E-state index contributed by atoms with van der Waals surface area (Å²) in [5, 5.41) is 15.7. The summed E-state index contributed by atoms with van der Waals surface area (Å²) in [7, 11) is 0. The first-order chi connectivity index (χ1) is 10.8. The molecule has 0 aliphatic heterocycles. The number of hydrogen-bond donors (Lipinski definition) is 1. The summed E-state index contributed by atoms with van der Waals surface area (Å²) in [5.74, 6) is 0. The third-order valence-corrected chi connectivity index (χ3v) is 5.10. The van der Waals surface area contributed by atoms with Crippen molar-refractivity contribution in [1.29, 1.82) is 0 Å². The van der Waals surface area contributed by atoms with Crippen LogP contribution in [0.5, 0.6) is 0 Å². The lowest BCUT2D eigenvalue weighted by Gasteiger charge is -2.31. The molecule has 0 saturated heterocycles. The molecule has 0 heterocycles. The minimum absolute atomic E-state index is 0.0807. The molecule has 0 aliphatic carbocycles. The van der Waals surface area contributed by atoms with Crippen LogP contribution in [0, 0.1) is 0 Å². The van der Waals surface area contributed by atoms with Crippen molar-refractivity contribution in [3.63, 3.8) is 0 Å². The van der Waals surface area contributed by atoms with Crippen LogP contribution in [0.1, 0.15) is 52.2 Å². The van der Waals surface area contributed by atoms with Crippen LogP contribution in [0.3, 0.4) is 0 Å². The highest BCUT2D eigenvalue weighted by molar-refractivity contribution is 6.07. The maximum Gasteiger partial charge on any atom is 0.0852 e. The molecule has 0 radical (unpaired) electrons. The van der Waals surface area contributed by atoms with E-state index in [4.69, 9.17) is 0 Å². The lowest BCUT2D eigenvalue weighted by Crippen LogP contribution is -2.21. The molecule has 1 nitrogen and oxygen atoms in total. The van der Waals surface area contributed by atoms with E-state index in [-0.39, 0.29) is 5.41 Å². The van der Waals surface area contributed by atoms with Crippen LogP contribution in [0.15, 0.2) is 48.5 Å². The van der Waals surface area contributed by atoms with E-state index in [1.54, 1.807) is 0 Å². The van der Waals surface area contributed by atoms with Crippen molar-refractivity contribution in [1.82, 2.24) is 0 Å². The molecule has 0 aliphatic rings. The molecule has 0 amide bonds. The Labute approximate surface area is 139 Å². The smallest absolute Gasteiger partial charge is 0.0852 e. The number of benzene rings is 3. The molecule has 0 unspecified atom stereocenters. The van der Waals surface area contributed by atoms with Crippen molar-refractivity contribution in [3.8, 4) is 0 Å². The van der Waals surface area contributed by atoms with E-state index >= 15 is 0 Å². The topological polar surface area (TPSA) is 20.2 Å². The Balaban J connectivity index is 2.64. The molecule has 0 spiro atoms. The van der Waals surface area contributed by atoms with Gasteiger partial charge in [0.25, 0.3) is 0 Å². The van der Waals surface area contributed by atoms with E-state index in [1.165, 1.54) is 16.3 Å². The number of rotatable bonds is 3. The Bertz CT molecular complexity index is 809. The third-order valence-electron chi connectivity index (χ3n) is 5.10. The van der Waals surface area contributed by atoms with Crippen molar-refractivity contribution < 1.29 is 5.11 Å². The van der Waals surface area contributed by atoms with Crippen molar-refractivity contribution in [2.75, 3.05) is 0 Å². The molecule has 1 N–H and O–H groups in total. The average Bonchev–Trinajstić information content (AvgIpc) is 2.50. The highest BCUT2D eigenvalue weighted by atomic mass is 16.3. The van der Waals surface area contributed by atoms with Gasteiger partial charge in [-0.15, -0.1) is 0 Å². The van der Waals surface area contributed by atoms with Crippen LogP contribution in [-0.2, 0) is 11.0 Å². The van der Waals surface area contributed by atoms with E-state index in [1.807, 2.05) is 13.8 Å². The Hall–Kier alpha value is -1.86. The van der Waals surface area contributed by atoms with Gasteiger partial charge in [0.05, 0.1) is 5.60 Å². The van der Waals surface area contributed by atoms with Crippen molar-refractivity contribution >= 4 is 21.5 Å². The zero-order valence-corrected chi connectivity index (χ0v) is 14.8. The fourth-order valence-electron chi connectivity index (χ4n) is 3.69. The molecule has 0 atom stereocenters. The van der Waals surface area contributed by atoms with Gasteiger partial charge in [-0.2, -0.15) is 0 Å². The van der Waals surface area contributed by atoms with E-state index in [2.05, 4.69) is 69.3 Å². The zero-order valence-electron chi connectivity index (χ0n) is 14.8. The van der Waals surface area contributed by atoms with Crippen molar-refractivity contribution in [3.05, 3.63) is 59.7 Å². The van der Waals surface area contributed by atoms with Gasteiger partial charge < -0.3 is 5.11 Å².